The fourth-order valence-corrected chi connectivity index (χ4v) is 4.63. The number of benzene rings is 2. The highest BCUT2D eigenvalue weighted by molar-refractivity contribution is 7.12. The zero-order chi connectivity index (χ0) is 29.2. The van der Waals surface area contributed by atoms with Crippen molar-refractivity contribution < 1.29 is 38.4 Å². The minimum absolute atomic E-state index is 0.252. The summed E-state index contributed by atoms with van der Waals surface area (Å²) in [7, 11) is 2.90. The standard InChI is InChI=1S/C31H24O8S2/c1-36-26-17-20(9-13-24(26)38-30(34)28-5-3-15-40-28)7-11-22(32)19-23(33)12-8-21-10-14-25(27(18-21)37-2)39-31(35)29-6-4-16-41-29/h3-19,32H,1-2H3/b11-7+,12-8+,22-19-. The smallest absolute Gasteiger partial charge is 0.353 e. The summed E-state index contributed by atoms with van der Waals surface area (Å²) in [6.45, 7) is 0. The van der Waals surface area contributed by atoms with Gasteiger partial charge in [-0.3, -0.25) is 4.79 Å². The highest BCUT2D eigenvalue weighted by Crippen LogP contribution is 2.31. The maximum atomic E-state index is 12.4. The zero-order valence-electron chi connectivity index (χ0n) is 21.9. The Kier molecular flexibility index (Phi) is 9.87. The van der Waals surface area contributed by atoms with Crippen LogP contribution in [0.25, 0.3) is 12.2 Å². The van der Waals surface area contributed by atoms with Crippen molar-refractivity contribution >= 4 is 52.5 Å². The van der Waals surface area contributed by atoms with Crippen molar-refractivity contribution in [3.63, 3.8) is 0 Å². The first-order chi connectivity index (χ1) is 19.9. The van der Waals surface area contributed by atoms with E-state index in [1.54, 1.807) is 83.6 Å². The SMILES string of the molecule is COc1cc(/C=C/C(=O)/C=C(O)/C=C/c2ccc(OC(=O)c3cccs3)c(OC)c2)ccc1OC(=O)c1cccs1. The van der Waals surface area contributed by atoms with Crippen LogP contribution in [0.15, 0.2) is 95.4 Å². The molecule has 0 aliphatic carbocycles. The van der Waals surface area contributed by atoms with E-state index < -0.39 is 17.7 Å². The van der Waals surface area contributed by atoms with Crippen LogP contribution in [0.2, 0.25) is 0 Å². The molecular formula is C31H24O8S2. The third-order valence-corrected chi connectivity index (χ3v) is 7.10. The maximum Gasteiger partial charge on any atom is 0.353 e. The molecule has 0 atom stereocenters. The molecule has 0 amide bonds. The van der Waals surface area contributed by atoms with E-state index in [0.29, 0.717) is 32.4 Å². The van der Waals surface area contributed by atoms with Gasteiger partial charge < -0.3 is 24.1 Å². The highest BCUT2D eigenvalue weighted by atomic mass is 32.1. The van der Waals surface area contributed by atoms with Gasteiger partial charge in [0.2, 0.25) is 0 Å². The van der Waals surface area contributed by atoms with Crippen LogP contribution in [0.3, 0.4) is 0 Å². The molecular weight excluding hydrogens is 564 g/mol. The molecule has 2 aromatic heterocycles. The number of ketones is 1. The van der Waals surface area contributed by atoms with Crippen LogP contribution in [0, 0.1) is 0 Å². The number of hydrogen-bond donors (Lipinski definition) is 1. The van der Waals surface area contributed by atoms with Crippen molar-refractivity contribution in [2.24, 2.45) is 0 Å². The zero-order valence-corrected chi connectivity index (χ0v) is 23.6. The highest BCUT2D eigenvalue weighted by Gasteiger charge is 2.14. The molecule has 2 aromatic carbocycles. The molecule has 4 aromatic rings. The molecule has 8 nitrogen and oxygen atoms in total. The second kappa shape index (κ2) is 13.9. The molecule has 0 saturated heterocycles. The third-order valence-electron chi connectivity index (χ3n) is 5.40. The normalized spacial score (nSPS) is 11.5. The van der Waals surface area contributed by atoms with Crippen molar-refractivity contribution in [2.75, 3.05) is 14.2 Å². The van der Waals surface area contributed by atoms with Crippen LogP contribution in [-0.2, 0) is 4.79 Å². The van der Waals surface area contributed by atoms with E-state index in [4.69, 9.17) is 18.9 Å². The van der Waals surface area contributed by atoms with Crippen molar-refractivity contribution in [1.29, 1.82) is 0 Å². The number of esters is 2. The van der Waals surface area contributed by atoms with Crippen LogP contribution < -0.4 is 18.9 Å². The van der Waals surface area contributed by atoms with Gasteiger partial charge in [0.25, 0.3) is 0 Å². The molecule has 0 spiro atoms. The number of carbonyl (C=O) groups excluding carboxylic acids is 3. The second-order valence-corrected chi connectivity index (χ2v) is 10.1. The molecule has 1 N–H and O–H groups in total. The molecule has 4 rings (SSSR count). The molecule has 0 aliphatic rings. The lowest BCUT2D eigenvalue weighted by molar-refractivity contribution is -0.110. The molecule has 10 heteroatoms. The summed E-state index contributed by atoms with van der Waals surface area (Å²) >= 11 is 2.55. The summed E-state index contributed by atoms with van der Waals surface area (Å²) in [5, 5.41) is 13.8. The summed E-state index contributed by atoms with van der Waals surface area (Å²) in [6, 6.07) is 16.6. The largest absolute Gasteiger partial charge is 0.508 e. The lowest BCUT2D eigenvalue weighted by atomic mass is 10.1. The van der Waals surface area contributed by atoms with Crippen molar-refractivity contribution in [3.8, 4) is 23.0 Å². The summed E-state index contributed by atoms with van der Waals surface area (Å²) < 4.78 is 21.5. The predicted octanol–water partition coefficient (Wildman–Crippen LogP) is 7.00. The quantitative estimate of drug-likeness (QED) is 0.0656. The monoisotopic (exact) mass is 588 g/mol. The fourth-order valence-electron chi connectivity index (χ4n) is 3.44. The predicted molar refractivity (Wildman–Crippen MR) is 158 cm³/mol. The van der Waals surface area contributed by atoms with Gasteiger partial charge >= 0.3 is 11.9 Å². The van der Waals surface area contributed by atoms with Crippen LogP contribution >= 0.6 is 22.7 Å². The molecule has 0 fully saturated rings. The van der Waals surface area contributed by atoms with E-state index in [-0.39, 0.29) is 17.3 Å². The Hall–Kier alpha value is -4.93. The Morgan fingerprint density at radius 3 is 1.61 bits per heavy atom. The van der Waals surface area contributed by atoms with Gasteiger partial charge in [0, 0.05) is 6.08 Å². The number of rotatable bonds is 11. The Labute approximate surface area is 244 Å². The number of carbonyl (C=O) groups is 3. The van der Waals surface area contributed by atoms with Gasteiger partial charge in [-0.15, -0.1) is 22.7 Å². The Morgan fingerprint density at radius 1 is 0.683 bits per heavy atom. The average molecular weight is 589 g/mol. The summed E-state index contributed by atoms with van der Waals surface area (Å²) in [4.78, 5) is 37.8. The topological polar surface area (TPSA) is 108 Å². The van der Waals surface area contributed by atoms with E-state index in [0.717, 1.165) is 6.08 Å². The third kappa shape index (κ3) is 8.04. The lowest BCUT2D eigenvalue weighted by Gasteiger charge is -2.09. The number of methoxy groups -OCH3 is 2. The Morgan fingerprint density at radius 2 is 1.17 bits per heavy atom. The number of aliphatic hydroxyl groups excluding tert-OH is 1. The molecule has 2 heterocycles. The van der Waals surface area contributed by atoms with E-state index in [2.05, 4.69) is 0 Å². The fraction of sp³-hybridized carbons (Fsp3) is 0.0645. The summed E-state index contributed by atoms with van der Waals surface area (Å²) in [5.41, 5.74) is 1.27. The lowest BCUT2D eigenvalue weighted by Crippen LogP contribution is -2.07. The molecule has 0 saturated carbocycles. The summed E-state index contributed by atoms with van der Waals surface area (Å²) in [6.07, 6.45) is 6.84. The molecule has 0 radical (unpaired) electrons. The minimum Gasteiger partial charge on any atom is -0.508 e. The van der Waals surface area contributed by atoms with E-state index in [1.807, 2.05) is 0 Å². The van der Waals surface area contributed by atoms with Crippen molar-refractivity contribution in [3.05, 3.63) is 116 Å². The molecule has 0 aliphatic heterocycles. The van der Waals surface area contributed by atoms with Crippen molar-refractivity contribution in [1.82, 2.24) is 0 Å². The van der Waals surface area contributed by atoms with Crippen LogP contribution in [-0.4, -0.2) is 37.0 Å². The van der Waals surface area contributed by atoms with Gasteiger partial charge in [-0.2, -0.15) is 0 Å². The first-order valence-corrected chi connectivity index (χ1v) is 13.8. The van der Waals surface area contributed by atoms with Gasteiger partial charge in [0.15, 0.2) is 28.8 Å². The average Bonchev–Trinajstić information content (AvgIpc) is 3.71. The maximum absolute atomic E-state index is 12.4. The second-order valence-electron chi connectivity index (χ2n) is 8.19. The van der Waals surface area contributed by atoms with Crippen LogP contribution in [0.4, 0.5) is 0 Å². The molecule has 208 valence electrons. The number of thiophene rings is 2. The van der Waals surface area contributed by atoms with Crippen molar-refractivity contribution in [2.45, 2.75) is 0 Å². The Bertz CT molecular complexity index is 1610. The van der Waals surface area contributed by atoms with Gasteiger partial charge in [-0.05, 0) is 70.4 Å². The molecule has 41 heavy (non-hydrogen) atoms. The first-order valence-electron chi connectivity index (χ1n) is 12.0. The van der Waals surface area contributed by atoms with Gasteiger partial charge in [0.1, 0.15) is 15.5 Å². The summed E-state index contributed by atoms with van der Waals surface area (Å²) in [5.74, 6) is -0.516. The van der Waals surface area contributed by atoms with Gasteiger partial charge in [-0.25, -0.2) is 9.59 Å². The minimum atomic E-state index is -0.489. The number of allylic oxidation sites excluding steroid dienone is 3. The first kappa shape index (κ1) is 29.1. The van der Waals surface area contributed by atoms with E-state index >= 15 is 0 Å². The number of hydrogen-bond acceptors (Lipinski definition) is 10. The van der Waals surface area contributed by atoms with E-state index in [1.165, 1.54) is 49.0 Å². The van der Waals surface area contributed by atoms with Crippen LogP contribution in [0.5, 0.6) is 23.0 Å². The molecule has 0 unspecified atom stereocenters. The number of ether oxygens (including phenoxy) is 4. The van der Waals surface area contributed by atoms with Crippen LogP contribution in [0.1, 0.15) is 30.5 Å². The van der Waals surface area contributed by atoms with Gasteiger partial charge in [-0.1, -0.05) is 36.4 Å². The van der Waals surface area contributed by atoms with E-state index in [9.17, 15) is 19.5 Å². The Balaban J connectivity index is 1.37. The number of aliphatic hydroxyl groups is 1. The van der Waals surface area contributed by atoms with Gasteiger partial charge in [0.05, 0.1) is 14.2 Å². The molecule has 0 bridgehead atoms.